The van der Waals surface area contributed by atoms with Crippen LogP contribution in [0.25, 0.3) is 0 Å². The lowest BCUT2D eigenvalue weighted by molar-refractivity contribution is -0.139. The van der Waals surface area contributed by atoms with E-state index >= 15 is 0 Å². The van der Waals surface area contributed by atoms with Gasteiger partial charge in [-0.2, -0.15) is 0 Å². The number of rotatable bonds is 6. The van der Waals surface area contributed by atoms with Crippen LogP contribution in [0.15, 0.2) is 0 Å². The Kier molecular flexibility index (Phi) is 3.69. The molecule has 0 amide bonds. The molecule has 1 atom stereocenters. The van der Waals surface area contributed by atoms with Gasteiger partial charge >= 0.3 is 5.97 Å². The number of methoxy groups -OCH3 is 1. The summed E-state index contributed by atoms with van der Waals surface area (Å²) in [6.07, 6.45) is 2.25. The minimum atomic E-state index is -0.755. The highest BCUT2D eigenvalue weighted by molar-refractivity contribution is 5.69. The molecule has 1 saturated carbocycles. The van der Waals surface area contributed by atoms with Crippen molar-refractivity contribution in [2.45, 2.75) is 31.8 Å². The Bertz CT molecular complexity index is 180. The van der Waals surface area contributed by atoms with Gasteiger partial charge in [-0.25, -0.2) is 0 Å². The number of nitrogens with zero attached hydrogens (tertiary/aromatic N) is 1. The molecule has 13 heavy (non-hydrogen) atoms. The molecule has 4 nitrogen and oxygen atoms in total. The second kappa shape index (κ2) is 4.58. The highest BCUT2D eigenvalue weighted by Crippen LogP contribution is 2.28. The minimum Gasteiger partial charge on any atom is -0.480 e. The van der Waals surface area contributed by atoms with Crippen LogP contribution in [-0.2, 0) is 9.53 Å². The summed E-state index contributed by atoms with van der Waals surface area (Å²) in [5.74, 6) is -0.755. The van der Waals surface area contributed by atoms with Crippen molar-refractivity contribution < 1.29 is 14.6 Å². The Labute approximate surface area is 78.5 Å². The highest BCUT2D eigenvalue weighted by atomic mass is 16.5. The van der Waals surface area contributed by atoms with Gasteiger partial charge in [0.15, 0.2) is 0 Å². The van der Waals surface area contributed by atoms with Crippen molar-refractivity contribution in [3.05, 3.63) is 0 Å². The summed E-state index contributed by atoms with van der Waals surface area (Å²) in [7, 11) is 1.64. The minimum absolute atomic E-state index is 0.134. The molecule has 1 aliphatic carbocycles. The average molecular weight is 187 g/mol. The van der Waals surface area contributed by atoms with E-state index in [2.05, 4.69) is 0 Å². The molecule has 0 aromatic rings. The van der Waals surface area contributed by atoms with Crippen LogP contribution in [0.3, 0.4) is 0 Å². The van der Waals surface area contributed by atoms with E-state index in [1.165, 1.54) is 0 Å². The van der Waals surface area contributed by atoms with Crippen LogP contribution in [-0.4, -0.2) is 48.3 Å². The van der Waals surface area contributed by atoms with Crippen molar-refractivity contribution >= 4 is 5.97 Å². The van der Waals surface area contributed by atoms with Crippen molar-refractivity contribution in [2.24, 2.45) is 0 Å². The Balaban J connectivity index is 2.40. The summed E-state index contributed by atoms with van der Waals surface area (Å²) in [4.78, 5) is 12.6. The van der Waals surface area contributed by atoms with Gasteiger partial charge in [0, 0.05) is 19.2 Å². The van der Waals surface area contributed by atoms with Crippen LogP contribution in [0.5, 0.6) is 0 Å². The van der Waals surface area contributed by atoms with Crippen LogP contribution in [0, 0.1) is 0 Å². The predicted molar refractivity (Wildman–Crippen MR) is 48.7 cm³/mol. The van der Waals surface area contributed by atoms with Crippen LogP contribution < -0.4 is 0 Å². The van der Waals surface area contributed by atoms with Gasteiger partial charge in [0.25, 0.3) is 0 Å². The van der Waals surface area contributed by atoms with Gasteiger partial charge in [0.05, 0.1) is 13.2 Å². The summed E-state index contributed by atoms with van der Waals surface area (Å²) in [5, 5.41) is 8.70. The van der Waals surface area contributed by atoms with Gasteiger partial charge in [-0.05, 0) is 19.8 Å². The molecule has 4 heteroatoms. The molecule has 0 aromatic carbocycles. The molecule has 0 spiro atoms. The first-order valence-electron chi connectivity index (χ1n) is 4.61. The lowest BCUT2D eigenvalue weighted by Gasteiger charge is -2.26. The zero-order valence-corrected chi connectivity index (χ0v) is 8.19. The van der Waals surface area contributed by atoms with E-state index in [0.717, 1.165) is 12.8 Å². The monoisotopic (exact) mass is 187 g/mol. The van der Waals surface area contributed by atoms with Gasteiger partial charge in [-0.15, -0.1) is 0 Å². The summed E-state index contributed by atoms with van der Waals surface area (Å²) >= 11 is 0. The molecule has 76 valence electrons. The quantitative estimate of drug-likeness (QED) is 0.660. The second-order valence-electron chi connectivity index (χ2n) is 3.60. The summed E-state index contributed by atoms with van der Waals surface area (Å²) in [6, 6.07) is 0.676. The fourth-order valence-electron chi connectivity index (χ4n) is 1.54. The first kappa shape index (κ1) is 10.5. The largest absolute Gasteiger partial charge is 0.480 e. The lowest BCUT2D eigenvalue weighted by Crippen LogP contribution is -2.41. The van der Waals surface area contributed by atoms with Gasteiger partial charge in [0.1, 0.15) is 0 Å². The van der Waals surface area contributed by atoms with E-state index in [1.807, 2.05) is 11.8 Å². The molecule has 0 aromatic heterocycles. The van der Waals surface area contributed by atoms with E-state index in [0.29, 0.717) is 12.6 Å². The SMILES string of the molecule is COCC(C)N(CC(=O)O)C1CC1. The maximum atomic E-state index is 10.6. The molecular formula is C9H17NO3. The second-order valence-corrected chi connectivity index (χ2v) is 3.60. The van der Waals surface area contributed by atoms with E-state index < -0.39 is 5.97 Å². The van der Waals surface area contributed by atoms with Crippen LogP contribution in [0.2, 0.25) is 0 Å². The third-order valence-corrected chi connectivity index (χ3v) is 2.31. The summed E-state index contributed by atoms with van der Waals surface area (Å²) in [5.41, 5.74) is 0. The maximum Gasteiger partial charge on any atom is 0.317 e. The van der Waals surface area contributed by atoms with Crippen molar-refractivity contribution in [3.8, 4) is 0 Å². The first-order chi connectivity index (χ1) is 6.15. The van der Waals surface area contributed by atoms with Crippen LogP contribution >= 0.6 is 0 Å². The first-order valence-corrected chi connectivity index (χ1v) is 4.61. The van der Waals surface area contributed by atoms with Gasteiger partial charge in [-0.3, -0.25) is 9.69 Å². The maximum absolute atomic E-state index is 10.6. The summed E-state index contributed by atoms with van der Waals surface area (Å²) in [6.45, 7) is 2.74. The van der Waals surface area contributed by atoms with E-state index in [1.54, 1.807) is 7.11 Å². The third-order valence-electron chi connectivity index (χ3n) is 2.31. The fraction of sp³-hybridized carbons (Fsp3) is 0.889. The van der Waals surface area contributed by atoms with E-state index in [9.17, 15) is 4.79 Å². The predicted octanol–water partition coefficient (Wildman–Crippen LogP) is 0.570. The summed E-state index contributed by atoms with van der Waals surface area (Å²) < 4.78 is 5.01. The number of carboxylic acid groups (broad SMARTS) is 1. The lowest BCUT2D eigenvalue weighted by atomic mass is 10.3. The number of aliphatic carboxylic acids is 1. The number of ether oxygens (including phenoxy) is 1. The topological polar surface area (TPSA) is 49.8 Å². The van der Waals surface area contributed by atoms with Crippen LogP contribution in [0.4, 0.5) is 0 Å². The fourth-order valence-corrected chi connectivity index (χ4v) is 1.54. The average Bonchev–Trinajstić information content (AvgIpc) is 2.82. The van der Waals surface area contributed by atoms with Gasteiger partial charge in [-0.1, -0.05) is 0 Å². The molecular weight excluding hydrogens is 170 g/mol. The van der Waals surface area contributed by atoms with E-state index in [4.69, 9.17) is 9.84 Å². The Hall–Kier alpha value is -0.610. The molecule has 1 rings (SSSR count). The molecule has 0 saturated heterocycles. The van der Waals surface area contributed by atoms with Crippen LogP contribution in [0.1, 0.15) is 19.8 Å². The van der Waals surface area contributed by atoms with E-state index in [-0.39, 0.29) is 12.6 Å². The smallest absolute Gasteiger partial charge is 0.317 e. The van der Waals surface area contributed by atoms with Crippen molar-refractivity contribution in [1.29, 1.82) is 0 Å². The molecule has 1 N–H and O–H groups in total. The zero-order valence-electron chi connectivity index (χ0n) is 8.19. The Morgan fingerprint density at radius 1 is 1.69 bits per heavy atom. The van der Waals surface area contributed by atoms with Crippen molar-refractivity contribution in [1.82, 2.24) is 4.90 Å². The molecule has 1 fully saturated rings. The number of hydrogen-bond acceptors (Lipinski definition) is 3. The number of carbonyl (C=O) groups is 1. The standard InChI is InChI=1S/C9H17NO3/c1-7(6-13-2)10(5-9(11)12)8-3-4-8/h7-8H,3-6H2,1-2H3,(H,11,12). The van der Waals surface area contributed by atoms with Crippen molar-refractivity contribution in [2.75, 3.05) is 20.3 Å². The molecule has 1 unspecified atom stereocenters. The molecule has 0 radical (unpaired) electrons. The Morgan fingerprint density at radius 2 is 2.31 bits per heavy atom. The number of carboxylic acids is 1. The Morgan fingerprint density at radius 3 is 2.69 bits per heavy atom. The van der Waals surface area contributed by atoms with Gasteiger partial charge < -0.3 is 9.84 Å². The molecule has 0 bridgehead atoms. The molecule has 0 aliphatic heterocycles. The van der Waals surface area contributed by atoms with Gasteiger partial charge in [0.2, 0.25) is 0 Å². The molecule has 1 aliphatic rings. The third kappa shape index (κ3) is 3.32. The zero-order chi connectivity index (χ0) is 9.84. The van der Waals surface area contributed by atoms with Crippen molar-refractivity contribution in [3.63, 3.8) is 0 Å². The highest BCUT2D eigenvalue weighted by Gasteiger charge is 2.33. The molecule has 0 heterocycles. The number of hydrogen-bond donors (Lipinski definition) is 1. The normalized spacial score (nSPS) is 19.0.